The van der Waals surface area contributed by atoms with Crippen molar-refractivity contribution in [1.29, 1.82) is 0 Å². The largest absolute Gasteiger partial charge is 0.304 e. The number of sulfonamides is 1. The van der Waals surface area contributed by atoms with E-state index in [4.69, 9.17) is 0 Å². The number of hydrogen-bond acceptors (Lipinski definition) is 4. The smallest absolute Gasteiger partial charge is 0.213 e. The highest BCUT2D eigenvalue weighted by Gasteiger charge is 2.16. The van der Waals surface area contributed by atoms with Crippen LogP contribution in [0.15, 0.2) is 0 Å². The van der Waals surface area contributed by atoms with Crippen LogP contribution in [0.5, 0.6) is 0 Å². The number of piperazine rings is 1. The second kappa shape index (κ2) is 6.68. The average molecular weight is 263 g/mol. The second-order valence-electron chi connectivity index (χ2n) is 4.99. The van der Waals surface area contributed by atoms with Crippen LogP contribution in [0, 0.1) is 0 Å². The van der Waals surface area contributed by atoms with Crippen molar-refractivity contribution in [2.45, 2.75) is 25.5 Å². The Hall–Kier alpha value is -0.170. The molecule has 1 fully saturated rings. The predicted molar refractivity (Wildman–Crippen MR) is 70.6 cm³/mol. The summed E-state index contributed by atoms with van der Waals surface area (Å²) in [5.74, 6) is 0. The zero-order chi connectivity index (χ0) is 12.9. The maximum Gasteiger partial charge on any atom is 0.213 e. The molecule has 6 heteroatoms. The third-order valence-corrected chi connectivity index (χ3v) is 5.02. The van der Waals surface area contributed by atoms with Gasteiger partial charge in [0.15, 0.2) is 0 Å². The Labute approximate surface area is 105 Å². The first kappa shape index (κ1) is 14.9. The van der Waals surface area contributed by atoms with Gasteiger partial charge in [0.25, 0.3) is 0 Å². The van der Waals surface area contributed by atoms with Crippen molar-refractivity contribution in [3.05, 3.63) is 0 Å². The molecule has 17 heavy (non-hydrogen) atoms. The van der Waals surface area contributed by atoms with E-state index in [2.05, 4.69) is 21.6 Å². The van der Waals surface area contributed by atoms with Crippen LogP contribution in [0.2, 0.25) is 0 Å². The number of hydrogen-bond donors (Lipinski definition) is 1. The van der Waals surface area contributed by atoms with Gasteiger partial charge in [0.1, 0.15) is 0 Å². The van der Waals surface area contributed by atoms with Gasteiger partial charge in [0, 0.05) is 32.7 Å². The van der Waals surface area contributed by atoms with Crippen molar-refractivity contribution in [3.63, 3.8) is 0 Å². The summed E-state index contributed by atoms with van der Waals surface area (Å²) in [6.45, 7) is 9.32. The summed E-state index contributed by atoms with van der Waals surface area (Å²) in [4.78, 5) is 4.71. The van der Waals surface area contributed by atoms with Crippen LogP contribution in [0.1, 0.15) is 20.3 Å². The SMILES string of the molecule is CC(C)S(=O)(=O)NCCCN1CCN(C)CC1. The predicted octanol–water partition coefficient (Wildman–Crippen LogP) is -0.0483. The summed E-state index contributed by atoms with van der Waals surface area (Å²) < 4.78 is 25.6. The first-order valence-corrected chi connectivity index (χ1v) is 7.86. The van der Waals surface area contributed by atoms with Gasteiger partial charge in [-0.25, -0.2) is 13.1 Å². The molecule has 0 radical (unpaired) electrons. The van der Waals surface area contributed by atoms with Gasteiger partial charge in [-0.3, -0.25) is 0 Å². The van der Waals surface area contributed by atoms with Crippen molar-refractivity contribution >= 4 is 10.0 Å². The highest BCUT2D eigenvalue weighted by molar-refractivity contribution is 7.90. The van der Waals surface area contributed by atoms with E-state index in [9.17, 15) is 8.42 Å². The van der Waals surface area contributed by atoms with E-state index in [-0.39, 0.29) is 5.25 Å². The molecule has 0 aromatic heterocycles. The Kier molecular flexibility index (Phi) is 5.85. The van der Waals surface area contributed by atoms with Crippen LogP contribution >= 0.6 is 0 Å². The van der Waals surface area contributed by atoms with Crippen LogP contribution in [0.4, 0.5) is 0 Å². The summed E-state index contributed by atoms with van der Waals surface area (Å²) in [6, 6.07) is 0. The van der Waals surface area contributed by atoms with E-state index in [1.807, 2.05) is 0 Å². The van der Waals surface area contributed by atoms with Crippen molar-refractivity contribution < 1.29 is 8.42 Å². The first-order chi connectivity index (χ1) is 7.92. The van der Waals surface area contributed by atoms with E-state index < -0.39 is 10.0 Å². The van der Waals surface area contributed by atoms with E-state index >= 15 is 0 Å². The molecule has 0 unspecified atom stereocenters. The molecule has 1 heterocycles. The van der Waals surface area contributed by atoms with E-state index in [0.717, 1.165) is 39.1 Å². The molecule has 1 rings (SSSR count). The van der Waals surface area contributed by atoms with Gasteiger partial charge in [-0.2, -0.15) is 0 Å². The highest BCUT2D eigenvalue weighted by atomic mass is 32.2. The Bertz CT molecular complexity index is 309. The lowest BCUT2D eigenvalue weighted by Gasteiger charge is -2.32. The Balaban J connectivity index is 2.12. The molecular weight excluding hydrogens is 238 g/mol. The van der Waals surface area contributed by atoms with Crippen molar-refractivity contribution in [3.8, 4) is 0 Å². The number of rotatable bonds is 6. The maximum atomic E-state index is 11.5. The molecule has 0 atom stereocenters. The average Bonchev–Trinajstić information content (AvgIpc) is 2.26. The van der Waals surface area contributed by atoms with E-state index in [0.29, 0.717) is 6.54 Å². The zero-order valence-corrected chi connectivity index (χ0v) is 12.0. The lowest BCUT2D eigenvalue weighted by molar-refractivity contribution is 0.153. The molecule has 0 aliphatic carbocycles. The molecule has 1 saturated heterocycles. The lowest BCUT2D eigenvalue weighted by atomic mass is 10.3. The molecule has 1 aliphatic rings. The maximum absolute atomic E-state index is 11.5. The molecule has 5 nitrogen and oxygen atoms in total. The summed E-state index contributed by atoms with van der Waals surface area (Å²) in [7, 11) is -0.954. The summed E-state index contributed by atoms with van der Waals surface area (Å²) >= 11 is 0. The molecule has 1 N–H and O–H groups in total. The van der Waals surface area contributed by atoms with Gasteiger partial charge in [-0.05, 0) is 33.9 Å². The fraction of sp³-hybridized carbons (Fsp3) is 1.00. The first-order valence-electron chi connectivity index (χ1n) is 6.31. The molecule has 0 aromatic rings. The van der Waals surface area contributed by atoms with Crippen LogP contribution in [0.25, 0.3) is 0 Å². The zero-order valence-electron chi connectivity index (χ0n) is 11.1. The van der Waals surface area contributed by atoms with Crippen molar-refractivity contribution in [1.82, 2.24) is 14.5 Å². The Morgan fingerprint density at radius 2 is 1.76 bits per heavy atom. The fourth-order valence-corrected chi connectivity index (χ4v) is 2.52. The van der Waals surface area contributed by atoms with Crippen molar-refractivity contribution in [2.24, 2.45) is 0 Å². The minimum absolute atomic E-state index is 0.342. The summed E-state index contributed by atoms with van der Waals surface area (Å²) in [6.07, 6.45) is 0.885. The minimum atomic E-state index is -3.09. The molecule has 0 bridgehead atoms. The van der Waals surface area contributed by atoms with E-state index in [1.54, 1.807) is 13.8 Å². The van der Waals surface area contributed by atoms with Gasteiger partial charge in [0.05, 0.1) is 5.25 Å². The number of likely N-dealkylation sites (N-methyl/N-ethyl adjacent to an activating group) is 1. The number of nitrogens with one attached hydrogen (secondary N) is 1. The topological polar surface area (TPSA) is 52.7 Å². The molecule has 0 amide bonds. The van der Waals surface area contributed by atoms with Gasteiger partial charge in [0.2, 0.25) is 10.0 Å². The minimum Gasteiger partial charge on any atom is -0.304 e. The standard InChI is InChI=1S/C11H25N3O2S/c1-11(2)17(15,16)12-5-4-6-14-9-7-13(3)8-10-14/h11-12H,4-10H2,1-3H3. The molecule has 0 spiro atoms. The third-order valence-electron chi connectivity index (χ3n) is 3.17. The van der Waals surface area contributed by atoms with Crippen LogP contribution < -0.4 is 4.72 Å². The molecule has 1 aliphatic heterocycles. The van der Waals surface area contributed by atoms with E-state index in [1.165, 1.54) is 0 Å². The normalized spacial score (nSPS) is 20.0. The van der Waals surface area contributed by atoms with Gasteiger partial charge in [-0.1, -0.05) is 0 Å². The molecular formula is C11H25N3O2S. The summed E-state index contributed by atoms with van der Waals surface area (Å²) in [5, 5.41) is -0.342. The van der Waals surface area contributed by atoms with Crippen molar-refractivity contribution in [2.75, 3.05) is 46.3 Å². The van der Waals surface area contributed by atoms with Gasteiger partial charge < -0.3 is 9.80 Å². The monoisotopic (exact) mass is 263 g/mol. The Morgan fingerprint density at radius 1 is 1.18 bits per heavy atom. The van der Waals surface area contributed by atoms with Crippen LogP contribution in [-0.4, -0.2) is 69.8 Å². The van der Waals surface area contributed by atoms with Gasteiger partial charge >= 0.3 is 0 Å². The lowest BCUT2D eigenvalue weighted by Crippen LogP contribution is -2.45. The summed E-state index contributed by atoms with van der Waals surface area (Å²) in [5.41, 5.74) is 0. The van der Waals surface area contributed by atoms with Crippen LogP contribution in [-0.2, 0) is 10.0 Å². The third kappa shape index (κ3) is 5.33. The number of nitrogens with zero attached hydrogens (tertiary/aromatic N) is 2. The van der Waals surface area contributed by atoms with Crippen LogP contribution in [0.3, 0.4) is 0 Å². The quantitative estimate of drug-likeness (QED) is 0.683. The fourth-order valence-electron chi connectivity index (χ4n) is 1.76. The Morgan fingerprint density at radius 3 is 2.29 bits per heavy atom. The van der Waals surface area contributed by atoms with Gasteiger partial charge in [-0.15, -0.1) is 0 Å². The second-order valence-corrected chi connectivity index (χ2v) is 7.31. The highest BCUT2D eigenvalue weighted by Crippen LogP contribution is 2.00. The molecule has 0 aromatic carbocycles. The molecule has 0 saturated carbocycles. The molecule has 102 valence electrons.